The number of piperidine rings is 1. The minimum absolute atomic E-state index is 0.0277. The molecule has 7 heteroatoms. The predicted molar refractivity (Wildman–Crippen MR) is 128 cm³/mol. The van der Waals surface area contributed by atoms with Crippen molar-refractivity contribution in [3.05, 3.63) is 95.4 Å². The number of anilines is 2. The Labute approximate surface area is 191 Å². The summed E-state index contributed by atoms with van der Waals surface area (Å²) < 4.78 is 16.3. The summed E-state index contributed by atoms with van der Waals surface area (Å²) in [5, 5.41) is 0.665. The van der Waals surface area contributed by atoms with E-state index in [-0.39, 0.29) is 17.4 Å². The van der Waals surface area contributed by atoms with Crippen molar-refractivity contribution in [1.82, 2.24) is 19.4 Å². The van der Waals surface area contributed by atoms with Crippen molar-refractivity contribution < 1.29 is 4.39 Å². The summed E-state index contributed by atoms with van der Waals surface area (Å²) in [6.45, 7) is 3.15. The Morgan fingerprint density at radius 3 is 2.48 bits per heavy atom. The summed E-state index contributed by atoms with van der Waals surface area (Å²) in [6, 6.07) is 20.1. The van der Waals surface area contributed by atoms with Crippen LogP contribution in [0.4, 0.5) is 15.9 Å². The first-order valence-corrected chi connectivity index (χ1v) is 11.3. The number of hydrogen-bond acceptors (Lipinski definition) is 5. The predicted octanol–water partition coefficient (Wildman–Crippen LogP) is 4.41. The van der Waals surface area contributed by atoms with E-state index in [0.29, 0.717) is 17.6 Å². The molecule has 2 aromatic heterocycles. The van der Waals surface area contributed by atoms with Gasteiger partial charge in [-0.1, -0.05) is 30.3 Å². The van der Waals surface area contributed by atoms with Crippen LogP contribution in [0.25, 0.3) is 10.9 Å². The van der Waals surface area contributed by atoms with Crippen molar-refractivity contribution in [3.63, 3.8) is 0 Å². The van der Waals surface area contributed by atoms with Crippen LogP contribution in [0.15, 0.2) is 84.0 Å². The average molecular weight is 444 g/mol. The molecule has 5 rings (SSSR count). The van der Waals surface area contributed by atoms with E-state index in [1.807, 2.05) is 53.4 Å². The van der Waals surface area contributed by atoms with Gasteiger partial charge in [-0.05, 0) is 49.2 Å². The summed E-state index contributed by atoms with van der Waals surface area (Å²) in [5.41, 5.74) is 1.29. The number of rotatable bonds is 6. The lowest BCUT2D eigenvalue weighted by atomic mass is 10.0. The Balaban J connectivity index is 1.26. The zero-order valence-corrected chi connectivity index (χ0v) is 18.3. The number of hydrogen-bond donors (Lipinski definition) is 0. The molecule has 0 saturated carbocycles. The second-order valence-electron chi connectivity index (χ2n) is 8.34. The van der Waals surface area contributed by atoms with Gasteiger partial charge < -0.3 is 9.80 Å². The molecule has 168 valence electrons. The normalized spacial score (nSPS) is 15.1. The van der Waals surface area contributed by atoms with E-state index in [9.17, 15) is 9.18 Å². The van der Waals surface area contributed by atoms with Gasteiger partial charge >= 0.3 is 0 Å². The zero-order chi connectivity index (χ0) is 22.6. The Kier molecular flexibility index (Phi) is 6.13. The van der Waals surface area contributed by atoms with Gasteiger partial charge in [0.25, 0.3) is 5.56 Å². The lowest BCUT2D eigenvalue weighted by molar-refractivity contribution is 0.188. The van der Waals surface area contributed by atoms with Gasteiger partial charge in [-0.25, -0.2) is 14.4 Å². The molecule has 0 amide bonds. The standard InChI is InChI=1S/C26H26FN5O/c27-22-8-2-4-10-24(22)31(25-11-5-6-14-28-25)18-17-30-15-12-20(13-16-30)32-19-29-23-9-3-1-7-21(23)26(32)33/h1-11,14,19-20H,12-13,15-18H2. The summed E-state index contributed by atoms with van der Waals surface area (Å²) in [7, 11) is 0. The number of halogens is 1. The smallest absolute Gasteiger partial charge is 0.261 e. The molecule has 1 saturated heterocycles. The lowest BCUT2D eigenvalue weighted by Crippen LogP contribution is -2.41. The Morgan fingerprint density at radius 1 is 0.939 bits per heavy atom. The summed E-state index contributed by atoms with van der Waals surface area (Å²) >= 11 is 0. The molecule has 0 atom stereocenters. The first kappa shape index (κ1) is 21.3. The molecule has 3 heterocycles. The molecular weight excluding hydrogens is 417 g/mol. The van der Waals surface area contributed by atoms with Gasteiger partial charge in [0.1, 0.15) is 11.6 Å². The molecule has 0 N–H and O–H groups in total. The average Bonchev–Trinajstić information content (AvgIpc) is 2.87. The molecular formula is C26H26FN5O. The van der Waals surface area contributed by atoms with Crippen molar-refractivity contribution in [2.45, 2.75) is 18.9 Å². The third kappa shape index (κ3) is 4.50. The van der Waals surface area contributed by atoms with Crippen molar-refractivity contribution in [1.29, 1.82) is 0 Å². The number of likely N-dealkylation sites (tertiary alicyclic amines) is 1. The highest BCUT2D eigenvalue weighted by molar-refractivity contribution is 5.76. The second kappa shape index (κ2) is 9.50. The van der Waals surface area contributed by atoms with Crippen LogP contribution in [0, 0.1) is 5.82 Å². The van der Waals surface area contributed by atoms with Gasteiger partial charge in [-0.15, -0.1) is 0 Å². The largest absolute Gasteiger partial charge is 0.323 e. The monoisotopic (exact) mass is 443 g/mol. The van der Waals surface area contributed by atoms with Gasteiger partial charge in [0, 0.05) is 38.4 Å². The zero-order valence-electron chi connectivity index (χ0n) is 18.3. The molecule has 0 radical (unpaired) electrons. The lowest BCUT2D eigenvalue weighted by Gasteiger charge is -2.34. The van der Waals surface area contributed by atoms with Crippen LogP contribution in [0.3, 0.4) is 0 Å². The minimum atomic E-state index is -0.259. The third-order valence-corrected chi connectivity index (χ3v) is 6.35. The molecule has 0 unspecified atom stereocenters. The quantitative estimate of drug-likeness (QED) is 0.442. The molecule has 33 heavy (non-hydrogen) atoms. The van der Waals surface area contributed by atoms with E-state index in [4.69, 9.17) is 0 Å². The van der Waals surface area contributed by atoms with Crippen molar-refractivity contribution in [2.75, 3.05) is 31.1 Å². The fraction of sp³-hybridized carbons (Fsp3) is 0.269. The van der Waals surface area contributed by atoms with Gasteiger partial charge in [-0.2, -0.15) is 0 Å². The summed E-state index contributed by atoms with van der Waals surface area (Å²) in [5.74, 6) is 0.469. The molecule has 1 fully saturated rings. The highest BCUT2D eigenvalue weighted by Crippen LogP contribution is 2.27. The van der Waals surface area contributed by atoms with Crippen LogP contribution in [-0.4, -0.2) is 45.6 Å². The van der Waals surface area contributed by atoms with E-state index in [1.54, 1.807) is 29.2 Å². The van der Waals surface area contributed by atoms with Crippen LogP contribution in [0.1, 0.15) is 18.9 Å². The van der Waals surface area contributed by atoms with E-state index >= 15 is 0 Å². The summed E-state index contributed by atoms with van der Waals surface area (Å²) in [6.07, 6.45) is 5.17. The van der Waals surface area contributed by atoms with Gasteiger partial charge in [-0.3, -0.25) is 9.36 Å². The van der Waals surface area contributed by atoms with E-state index < -0.39 is 0 Å². The fourth-order valence-corrected chi connectivity index (χ4v) is 4.55. The van der Waals surface area contributed by atoms with Crippen LogP contribution in [-0.2, 0) is 0 Å². The highest BCUT2D eigenvalue weighted by Gasteiger charge is 2.23. The molecule has 6 nitrogen and oxygen atoms in total. The second-order valence-corrected chi connectivity index (χ2v) is 8.34. The van der Waals surface area contributed by atoms with E-state index in [2.05, 4.69) is 14.9 Å². The van der Waals surface area contributed by atoms with E-state index in [0.717, 1.165) is 43.8 Å². The number of pyridine rings is 1. The van der Waals surface area contributed by atoms with Gasteiger partial charge in [0.05, 0.1) is 22.9 Å². The number of fused-ring (bicyclic) bond motifs is 1. The molecule has 1 aliphatic heterocycles. The molecule has 0 bridgehead atoms. The topological polar surface area (TPSA) is 54.3 Å². The van der Waals surface area contributed by atoms with E-state index in [1.165, 1.54) is 6.07 Å². The number of benzene rings is 2. The Bertz CT molecular complexity index is 1280. The fourth-order valence-electron chi connectivity index (χ4n) is 4.55. The number of para-hydroxylation sites is 2. The molecule has 0 aliphatic carbocycles. The SMILES string of the molecule is O=c1c2ccccc2ncn1C1CCN(CCN(c2ccccn2)c2ccccc2F)CC1. The van der Waals surface area contributed by atoms with Crippen LogP contribution < -0.4 is 10.5 Å². The van der Waals surface area contributed by atoms with Crippen molar-refractivity contribution in [2.24, 2.45) is 0 Å². The maximum absolute atomic E-state index is 14.6. The molecule has 4 aromatic rings. The summed E-state index contributed by atoms with van der Waals surface area (Å²) in [4.78, 5) is 26.1. The highest BCUT2D eigenvalue weighted by atomic mass is 19.1. The molecule has 0 spiro atoms. The van der Waals surface area contributed by atoms with Crippen molar-refractivity contribution in [3.8, 4) is 0 Å². The first-order chi connectivity index (χ1) is 16.2. The van der Waals surface area contributed by atoms with Gasteiger partial charge in [0.15, 0.2) is 0 Å². The molecule has 1 aliphatic rings. The number of aromatic nitrogens is 3. The Morgan fingerprint density at radius 2 is 1.70 bits per heavy atom. The molecule has 2 aromatic carbocycles. The third-order valence-electron chi connectivity index (χ3n) is 6.35. The van der Waals surface area contributed by atoms with Gasteiger partial charge in [0.2, 0.25) is 0 Å². The Hall–Kier alpha value is -3.58. The maximum atomic E-state index is 14.6. The van der Waals surface area contributed by atoms with Crippen LogP contribution >= 0.6 is 0 Å². The number of nitrogens with zero attached hydrogens (tertiary/aromatic N) is 5. The van der Waals surface area contributed by atoms with Crippen LogP contribution in [0.5, 0.6) is 0 Å². The minimum Gasteiger partial charge on any atom is -0.323 e. The maximum Gasteiger partial charge on any atom is 0.261 e. The van der Waals surface area contributed by atoms with Crippen LogP contribution in [0.2, 0.25) is 0 Å². The van der Waals surface area contributed by atoms with Crippen molar-refractivity contribution >= 4 is 22.4 Å². The first-order valence-electron chi connectivity index (χ1n) is 11.3.